The third-order valence-electron chi connectivity index (χ3n) is 4.96. The van der Waals surface area contributed by atoms with Crippen molar-refractivity contribution < 1.29 is 9.47 Å². The lowest BCUT2D eigenvalue weighted by atomic mass is 10.1. The SMILES string of the molecule is CCOc1cc(/C=C(\C#N)c2nc3ccccc3n2C)ccc1OCc1ccccc1. The molecule has 154 valence electrons. The molecular formula is C26H23N3O2. The summed E-state index contributed by atoms with van der Waals surface area (Å²) >= 11 is 0. The predicted octanol–water partition coefficient (Wildman–Crippen LogP) is 5.62. The highest BCUT2D eigenvalue weighted by molar-refractivity contribution is 5.91. The van der Waals surface area contributed by atoms with Crippen molar-refractivity contribution in [2.24, 2.45) is 7.05 Å². The highest BCUT2D eigenvalue weighted by Crippen LogP contribution is 2.31. The molecular weight excluding hydrogens is 386 g/mol. The van der Waals surface area contributed by atoms with Crippen LogP contribution in [0.1, 0.15) is 23.9 Å². The number of hydrogen-bond donors (Lipinski definition) is 0. The van der Waals surface area contributed by atoms with E-state index in [4.69, 9.17) is 9.47 Å². The number of rotatable bonds is 7. The second kappa shape index (κ2) is 9.19. The summed E-state index contributed by atoms with van der Waals surface area (Å²) in [6.07, 6.45) is 1.82. The molecule has 31 heavy (non-hydrogen) atoms. The van der Waals surface area contributed by atoms with Gasteiger partial charge in [-0.1, -0.05) is 48.5 Å². The topological polar surface area (TPSA) is 60.1 Å². The van der Waals surface area contributed by atoms with Crippen molar-refractivity contribution in [2.75, 3.05) is 6.61 Å². The summed E-state index contributed by atoms with van der Waals surface area (Å²) in [5, 5.41) is 9.80. The van der Waals surface area contributed by atoms with Crippen molar-refractivity contribution in [3.8, 4) is 17.6 Å². The number of aromatic nitrogens is 2. The van der Waals surface area contributed by atoms with E-state index in [0.717, 1.165) is 22.2 Å². The van der Waals surface area contributed by atoms with E-state index in [1.54, 1.807) is 0 Å². The number of hydrogen-bond acceptors (Lipinski definition) is 4. The van der Waals surface area contributed by atoms with Crippen molar-refractivity contribution in [2.45, 2.75) is 13.5 Å². The van der Waals surface area contributed by atoms with Gasteiger partial charge < -0.3 is 14.0 Å². The Balaban J connectivity index is 1.64. The summed E-state index contributed by atoms with van der Waals surface area (Å²) in [7, 11) is 1.92. The zero-order valence-electron chi connectivity index (χ0n) is 17.6. The van der Waals surface area contributed by atoms with Crippen molar-refractivity contribution >= 4 is 22.7 Å². The molecule has 0 atom stereocenters. The van der Waals surface area contributed by atoms with Gasteiger partial charge in [-0.25, -0.2) is 4.98 Å². The maximum atomic E-state index is 9.80. The highest BCUT2D eigenvalue weighted by atomic mass is 16.5. The molecule has 0 radical (unpaired) electrons. The van der Waals surface area contributed by atoms with E-state index in [1.165, 1.54) is 0 Å². The van der Waals surface area contributed by atoms with E-state index in [9.17, 15) is 5.26 Å². The normalized spacial score (nSPS) is 11.3. The number of imidazole rings is 1. The Kier molecular flexibility index (Phi) is 6.00. The smallest absolute Gasteiger partial charge is 0.161 e. The maximum Gasteiger partial charge on any atom is 0.161 e. The van der Waals surface area contributed by atoms with Crippen LogP contribution in [0.15, 0.2) is 72.8 Å². The molecule has 5 heteroatoms. The first kappa shape index (κ1) is 20.2. The highest BCUT2D eigenvalue weighted by Gasteiger charge is 2.13. The van der Waals surface area contributed by atoms with E-state index in [0.29, 0.717) is 36.1 Å². The number of benzene rings is 3. The molecule has 0 bridgehead atoms. The van der Waals surface area contributed by atoms with Gasteiger partial charge in [0.15, 0.2) is 17.3 Å². The maximum absolute atomic E-state index is 9.80. The average Bonchev–Trinajstić information content (AvgIpc) is 3.14. The fourth-order valence-corrected chi connectivity index (χ4v) is 3.44. The first-order valence-corrected chi connectivity index (χ1v) is 10.2. The minimum absolute atomic E-state index is 0.458. The van der Waals surface area contributed by atoms with E-state index in [2.05, 4.69) is 11.1 Å². The standard InChI is InChI=1S/C26H23N3O2/c1-3-30-25-16-20(13-14-24(25)31-18-19-9-5-4-6-10-19)15-21(17-27)26-28-22-11-7-8-12-23(22)29(26)2/h4-16H,3,18H2,1-2H3/b21-15+. The van der Waals surface area contributed by atoms with Crippen molar-refractivity contribution in [1.82, 2.24) is 9.55 Å². The number of para-hydroxylation sites is 2. The van der Waals surface area contributed by atoms with Crippen LogP contribution >= 0.6 is 0 Å². The number of fused-ring (bicyclic) bond motifs is 1. The summed E-state index contributed by atoms with van der Waals surface area (Å²) in [5.74, 6) is 1.95. The molecule has 1 heterocycles. The van der Waals surface area contributed by atoms with Gasteiger partial charge in [-0.2, -0.15) is 5.26 Å². The van der Waals surface area contributed by atoms with Gasteiger partial charge in [-0.15, -0.1) is 0 Å². The van der Waals surface area contributed by atoms with Gasteiger partial charge in [0.25, 0.3) is 0 Å². The zero-order valence-corrected chi connectivity index (χ0v) is 17.6. The lowest BCUT2D eigenvalue weighted by Crippen LogP contribution is -2.00. The van der Waals surface area contributed by atoms with Crippen LogP contribution in [0.4, 0.5) is 0 Å². The fraction of sp³-hybridized carbons (Fsp3) is 0.154. The Morgan fingerprint density at radius 2 is 1.77 bits per heavy atom. The molecule has 0 unspecified atom stereocenters. The molecule has 0 spiro atoms. The molecule has 0 aliphatic heterocycles. The van der Waals surface area contributed by atoms with Gasteiger partial charge >= 0.3 is 0 Å². The summed E-state index contributed by atoms with van der Waals surface area (Å²) < 4.78 is 13.7. The summed E-state index contributed by atoms with van der Waals surface area (Å²) in [4.78, 5) is 4.64. The van der Waals surface area contributed by atoms with Crippen molar-refractivity contribution in [3.05, 3.63) is 89.7 Å². The monoisotopic (exact) mass is 409 g/mol. The number of aryl methyl sites for hydroxylation is 1. The minimum Gasteiger partial charge on any atom is -0.490 e. The quantitative estimate of drug-likeness (QED) is 0.372. The van der Waals surface area contributed by atoms with E-state index in [-0.39, 0.29) is 0 Å². The van der Waals surface area contributed by atoms with Crippen LogP contribution in [0.5, 0.6) is 11.5 Å². The molecule has 3 aromatic carbocycles. The summed E-state index contributed by atoms with van der Waals surface area (Å²) in [6, 6.07) is 25.8. The molecule has 0 fully saturated rings. The zero-order chi connectivity index (χ0) is 21.6. The van der Waals surface area contributed by atoms with Gasteiger partial charge in [0.1, 0.15) is 12.7 Å². The Hall–Kier alpha value is -4.04. The van der Waals surface area contributed by atoms with Gasteiger partial charge in [0.05, 0.1) is 23.2 Å². The second-order valence-electron chi connectivity index (χ2n) is 7.07. The Morgan fingerprint density at radius 3 is 2.52 bits per heavy atom. The largest absolute Gasteiger partial charge is 0.490 e. The van der Waals surface area contributed by atoms with Crippen LogP contribution in [0.2, 0.25) is 0 Å². The minimum atomic E-state index is 0.458. The third kappa shape index (κ3) is 4.44. The average molecular weight is 409 g/mol. The fourth-order valence-electron chi connectivity index (χ4n) is 3.44. The van der Waals surface area contributed by atoms with Gasteiger partial charge in [-0.05, 0) is 48.4 Å². The van der Waals surface area contributed by atoms with Crippen LogP contribution in [0, 0.1) is 11.3 Å². The van der Waals surface area contributed by atoms with Crippen LogP contribution < -0.4 is 9.47 Å². The van der Waals surface area contributed by atoms with Crippen molar-refractivity contribution in [3.63, 3.8) is 0 Å². The number of nitriles is 1. The second-order valence-corrected chi connectivity index (χ2v) is 7.07. The molecule has 4 aromatic rings. The lowest BCUT2D eigenvalue weighted by Gasteiger charge is -2.13. The molecule has 0 N–H and O–H groups in total. The number of nitrogens with zero attached hydrogens (tertiary/aromatic N) is 3. The first-order chi connectivity index (χ1) is 15.2. The van der Waals surface area contributed by atoms with Gasteiger partial charge in [0.2, 0.25) is 0 Å². The predicted molar refractivity (Wildman–Crippen MR) is 123 cm³/mol. The Morgan fingerprint density at radius 1 is 1.00 bits per heavy atom. The molecule has 0 aliphatic rings. The number of allylic oxidation sites excluding steroid dienone is 1. The third-order valence-corrected chi connectivity index (χ3v) is 4.96. The van der Waals surface area contributed by atoms with Gasteiger partial charge in [0, 0.05) is 7.05 Å². The van der Waals surface area contributed by atoms with E-state index < -0.39 is 0 Å². The molecule has 0 saturated heterocycles. The van der Waals surface area contributed by atoms with E-state index >= 15 is 0 Å². The van der Waals surface area contributed by atoms with Gasteiger partial charge in [-0.3, -0.25) is 0 Å². The molecule has 0 aliphatic carbocycles. The molecule has 0 amide bonds. The number of ether oxygens (including phenoxy) is 2. The lowest BCUT2D eigenvalue weighted by molar-refractivity contribution is 0.269. The Labute approximate surface area is 181 Å². The molecule has 4 rings (SSSR count). The summed E-state index contributed by atoms with van der Waals surface area (Å²) in [5.41, 5.74) is 4.26. The first-order valence-electron chi connectivity index (χ1n) is 10.2. The van der Waals surface area contributed by atoms with Crippen LogP contribution in [0.25, 0.3) is 22.7 Å². The van der Waals surface area contributed by atoms with Crippen molar-refractivity contribution in [1.29, 1.82) is 5.26 Å². The van der Waals surface area contributed by atoms with Crippen LogP contribution in [0.3, 0.4) is 0 Å². The summed E-state index contributed by atoms with van der Waals surface area (Å²) in [6.45, 7) is 2.91. The molecule has 5 nitrogen and oxygen atoms in total. The molecule has 1 aromatic heterocycles. The Bertz CT molecular complexity index is 1270. The van der Waals surface area contributed by atoms with E-state index in [1.807, 2.05) is 97.4 Å². The van der Waals surface area contributed by atoms with Crippen LogP contribution in [-0.2, 0) is 13.7 Å². The van der Waals surface area contributed by atoms with Crippen LogP contribution in [-0.4, -0.2) is 16.2 Å². The molecule has 0 saturated carbocycles.